The van der Waals surface area contributed by atoms with Crippen LogP contribution in [-0.2, 0) is 28.7 Å². The predicted octanol–water partition coefficient (Wildman–Crippen LogP) is 2.00. The zero-order chi connectivity index (χ0) is 18.1. The number of carbonyl (C=O) groups is 4. The number of ketones is 2. The highest BCUT2D eigenvalue weighted by Gasteiger charge is 2.50. The highest BCUT2D eigenvalue weighted by molar-refractivity contribution is 6.13. The summed E-state index contributed by atoms with van der Waals surface area (Å²) in [7, 11) is 2.53. The van der Waals surface area contributed by atoms with Crippen LogP contribution in [0.25, 0.3) is 0 Å². The van der Waals surface area contributed by atoms with E-state index in [0.29, 0.717) is 31.3 Å². The van der Waals surface area contributed by atoms with Gasteiger partial charge in [0.15, 0.2) is 11.6 Å². The van der Waals surface area contributed by atoms with Gasteiger partial charge < -0.3 is 9.47 Å². The summed E-state index contributed by atoms with van der Waals surface area (Å²) in [6, 6.07) is 0. The van der Waals surface area contributed by atoms with Gasteiger partial charge in [0.25, 0.3) is 0 Å². The maximum absolute atomic E-state index is 12.8. The van der Waals surface area contributed by atoms with E-state index in [-0.39, 0.29) is 23.9 Å². The smallest absolute Gasteiger partial charge is 0.319 e. The Morgan fingerprint density at radius 1 is 1.04 bits per heavy atom. The van der Waals surface area contributed by atoms with Gasteiger partial charge in [0, 0.05) is 6.42 Å². The van der Waals surface area contributed by atoms with Crippen molar-refractivity contribution in [3.8, 4) is 0 Å². The van der Waals surface area contributed by atoms with Crippen molar-refractivity contribution in [1.29, 1.82) is 0 Å². The molecule has 0 bridgehead atoms. The first-order valence-corrected chi connectivity index (χ1v) is 8.15. The van der Waals surface area contributed by atoms with Gasteiger partial charge in [0.1, 0.15) is 10.8 Å². The summed E-state index contributed by atoms with van der Waals surface area (Å²) < 4.78 is 9.53. The fourth-order valence-electron chi connectivity index (χ4n) is 3.67. The third-order valence-electron chi connectivity index (χ3n) is 5.52. The molecule has 132 valence electrons. The molecule has 2 aliphatic carbocycles. The van der Waals surface area contributed by atoms with Gasteiger partial charge in [0.2, 0.25) is 0 Å². The number of hydrogen-bond donors (Lipinski definition) is 0. The molecule has 6 heteroatoms. The monoisotopic (exact) mass is 336 g/mol. The topological polar surface area (TPSA) is 86.7 Å². The van der Waals surface area contributed by atoms with Crippen molar-refractivity contribution in [2.75, 3.05) is 14.2 Å². The molecule has 3 atom stereocenters. The molecule has 2 rings (SSSR count). The van der Waals surface area contributed by atoms with Crippen molar-refractivity contribution < 1.29 is 28.7 Å². The molecule has 0 radical (unpaired) electrons. The van der Waals surface area contributed by atoms with Crippen LogP contribution in [0.1, 0.15) is 46.0 Å². The second-order valence-electron chi connectivity index (χ2n) is 7.04. The minimum atomic E-state index is -1.19. The molecule has 24 heavy (non-hydrogen) atoms. The summed E-state index contributed by atoms with van der Waals surface area (Å²) in [5, 5.41) is 0. The summed E-state index contributed by atoms with van der Waals surface area (Å²) in [5.41, 5.74) is -1.81. The maximum Gasteiger partial charge on any atom is 0.319 e. The summed E-state index contributed by atoms with van der Waals surface area (Å²) in [5.74, 6) is -1.81. The molecule has 0 aromatic carbocycles. The largest absolute Gasteiger partial charge is 0.468 e. The third kappa shape index (κ3) is 2.78. The van der Waals surface area contributed by atoms with Gasteiger partial charge in [-0.15, -0.1) is 0 Å². The Hall–Kier alpha value is -1.98. The Kier molecular flexibility index (Phi) is 4.97. The fraction of sp³-hybridized carbons (Fsp3) is 0.667. The van der Waals surface area contributed by atoms with Crippen LogP contribution in [0, 0.1) is 16.7 Å². The van der Waals surface area contributed by atoms with Crippen molar-refractivity contribution in [1.82, 2.24) is 0 Å². The predicted molar refractivity (Wildman–Crippen MR) is 84.9 cm³/mol. The zero-order valence-electron chi connectivity index (χ0n) is 14.6. The van der Waals surface area contributed by atoms with Crippen LogP contribution in [0.5, 0.6) is 0 Å². The van der Waals surface area contributed by atoms with Crippen LogP contribution in [0.4, 0.5) is 0 Å². The number of hydrogen-bond acceptors (Lipinski definition) is 6. The van der Waals surface area contributed by atoms with Crippen LogP contribution in [0.15, 0.2) is 11.6 Å². The molecule has 0 aromatic heterocycles. The van der Waals surface area contributed by atoms with Crippen molar-refractivity contribution in [3.05, 3.63) is 11.6 Å². The Morgan fingerprint density at radius 2 is 1.62 bits per heavy atom. The Labute approximate surface area is 141 Å². The molecule has 0 heterocycles. The van der Waals surface area contributed by atoms with E-state index in [0.717, 1.165) is 0 Å². The highest BCUT2D eigenvalue weighted by Crippen LogP contribution is 2.44. The summed E-state index contributed by atoms with van der Waals surface area (Å²) >= 11 is 0. The first-order chi connectivity index (χ1) is 11.2. The van der Waals surface area contributed by atoms with E-state index >= 15 is 0 Å². The van der Waals surface area contributed by atoms with Crippen LogP contribution in [0.2, 0.25) is 0 Å². The van der Waals surface area contributed by atoms with Gasteiger partial charge >= 0.3 is 11.9 Å². The minimum Gasteiger partial charge on any atom is -0.468 e. The summed E-state index contributed by atoms with van der Waals surface area (Å²) in [6.07, 6.45) is 3.80. The van der Waals surface area contributed by atoms with Gasteiger partial charge in [-0.25, -0.2) is 0 Å². The van der Waals surface area contributed by atoms with Crippen LogP contribution in [0.3, 0.4) is 0 Å². The van der Waals surface area contributed by atoms with Crippen molar-refractivity contribution in [3.63, 3.8) is 0 Å². The maximum atomic E-state index is 12.8. The number of rotatable bonds is 3. The number of methoxy groups -OCH3 is 2. The van der Waals surface area contributed by atoms with E-state index in [9.17, 15) is 19.2 Å². The lowest BCUT2D eigenvalue weighted by atomic mass is 9.64. The molecule has 0 amide bonds. The molecule has 2 aliphatic rings. The van der Waals surface area contributed by atoms with Gasteiger partial charge in [-0.3, -0.25) is 19.2 Å². The lowest BCUT2D eigenvalue weighted by molar-refractivity contribution is -0.159. The van der Waals surface area contributed by atoms with Crippen molar-refractivity contribution in [2.45, 2.75) is 46.0 Å². The zero-order valence-corrected chi connectivity index (χ0v) is 14.6. The normalized spacial score (nSPS) is 33.7. The van der Waals surface area contributed by atoms with E-state index in [2.05, 4.69) is 0 Å². The van der Waals surface area contributed by atoms with Gasteiger partial charge in [-0.1, -0.05) is 6.08 Å². The van der Waals surface area contributed by atoms with E-state index in [1.807, 2.05) is 6.08 Å². The molecule has 0 aliphatic heterocycles. The van der Waals surface area contributed by atoms with E-state index < -0.39 is 22.8 Å². The molecular formula is C18H24O6. The molecule has 0 saturated heterocycles. The average Bonchev–Trinajstić information content (AvgIpc) is 2.58. The number of esters is 2. The van der Waals surface area contributed by atoms with Gasteiger partial charge in [-0.05, 0) is 51.0 Å². The van der Waals surface area contributed by atoms with Crippen molar-refractivity contribution >= 4 is 23.5 Å². The standard InChI is InChI=1S/C18H24O6/c1-17(15(21)23-3)9-7-11(10-13(17)19)12-6-5-8-18(2,14(12)20)16(22)24-4/h6,11H,5,7-10H2,1-4H3. The molecule has 1 saturated carbocycles. The molecule has 3 unspecified atom stereocenters. The Morgan fingerprint density at radius 3 is 2.17 bits per heavy atom. The van der Waals surface area contributed by atoms with E-state index in [1.54, 1.807) is 13.8 Å². The molecule has 1 fully saturated rings. The minimum absolute atomic E-state index is 0.112. The first kappa shape index (κ1) is 18.4. The molecule has 0 aromatic rings. The third-order valence-corrected chi connectivity index (χ3v) is 5.52. The van der Waals surface area contributed by atoms with Crippen LogP contribution < -0.4 is 0 Å². The average molecular weight is 336 g/mol. The summed E-state index contributed by atoms with van der Waals surface area (Å²) in [6.45, 7) is 3.18. The quantitative estimate of drug-likeness (QED) is 0.579. The Balaban J connectivity index is 2.21. The van der Waals surface area contributed by atoms with E-state index in [1.165, 1.54) is 14.2 Å². The highest BCUT2D eigenvalue weighted by atomic mass is 16.5. The second-order valence-corrected chi connectivity index (χ2v) is 7.04. The molecular weight excluding hydrogens is 312 g/mol. The lowest BCUT2D eigenvalue weighted by Crippen LogP contribution is -2.45. The van der Waals surface area contributed by atoms with Gasteiger partial charge in [-0.2, -0.15) is 0 Å². The van der Waals surface area contributed by atoms with Gasteiger partial charge in [0.05, 0.1) is 14.2 Å². The fourth-order valence-corrected chi connectivity index (χ4v) is 3.67. The SMILES string of the molecule is COC(=O)C1(C)CCC(C2=CCCC(C)(C(=O)OC)C2=O)CC1=O. The lowest BCUT2D eigenvalue weighted by Gasteiger charge is -2.37. The van der Waals surface area contributed by atoms with E-state index in [4.69, 9.17) is 9.47 Å². The number of Topliss-reactive ketones (excluding diaryl/α,β-unsaturated/α-hetero) is 2. The molecule has 0 spiro atoms. The first-order valence-electron chi connectivity index (χ1n) is 8.15. The number of carbonyl (C=O) groups excluding carboxylic acids is 4. The van der Waals surface area contributed by atoms with Crippen LogP contribution in [-0.4, -0.2) is 37.7 Å². The number of ether oxygens (including phenoxy) is 2. The number of allylic oxidation sites excluding steroid dienone is 2. The van der Waals surface area contributed by atoms with Crippen molar-refractivity contribution in [2.24, 2.45) is 16.7 Å². The molecule has 0 N–H and O–H groups in total. The molecule has 6 nitrogen and oxygen atoms in total. The second kappa shape index (κ2) is 6.49. The van der Waals surface area contributed by atoms with Crippen LogP contribution >= 0.6 is 0 Å². The Bertz CT molecular complexity index is 619. The summed E-state index contributed by atoms with van der Waals surface area (Å²) in [4.78, 5) is 49.2.